The van der Waals surface area contributed by atoms with E-state index in [2.05, 4.69) is 47.1 Å². The molecule has 0 aromatic carbocycles. The number of nitrogens with zero attached hydrogens (tertiary/aromatic N) is 2. The summed E-state index contributed by atoms with van der Waals surface area (Å²) < 4.78 is 0.946. The molecule has 0 aliphatic heterocycles. The van der Waals surface area contributed by atoms with Gasteiger partial charge in [0.2, 0.25) is 5.91 Å². The number of hydrogen-bond donors (Lipinski definition) is 2. The Balaban J connectivity index is 2.10. The molecule has 6 nitrogen and oxygen atoms in total. The van der Waals surface area contributed by atoms with Crippen LogP contribution in [0.25, 0.3) is 0 Å². The van der Waals surface area contributed by atoms with Crippen LogP contribution in [0.1, 0.15) is 19.3 Å². The van der Waals surface area contributed by atoms with Crippen molar-refractivity contribution in [3.63, 3.8) is 0 Å². The normalized spacial score (nSPS) is 22.2. The number of amides is 1. The molecule has 0 saturated heterocycles. The van der Waals surface area contributed by atoms with Gasteiger partial charge in [-0.1, -0.05) is 6.42 Å². The molecule has 1 aromatic rings. The third kappa shape index (κ3) is 3.30. The highest BCUT2D eigenvalue weighted by Gasteiger charge is 2.38. The molecular formula is C11H11Br2N3O3. The quantitative estimate of drug-likeness (QED) is 0.824. The zero-order valence-electron chi connectivity index (χ0n) is 9.77. The van der Waals surface area contributed by atoms with Crippen molar-refractivity contribution in [2.24, 2.45) is 11.8 Å². The molecule has 8 heteroatoms. The van der Waals surface area contributed by atoms with Gasteiger partial charge in [0, 0.05) is 0 Å². The highest BCUT2D eigenvalue weighted by atomic mass is 79.9. The van der Waals surface area contributed by atoms with Crippen molar-refractivity contribution in [2.45, 2.75) is 19.3 Å². The van der Waals surface area contributed by atoms with Gasteiger partial charge in [-0.05, 0) is 44.7 Å². The lowest BCUT2D eigenvalue weighted by Crippen LogP contribution is -2.30. The first-order valence-electron chi connectivity index (χ1n) is 5.70. The van der Waals surface area contributed by atoms with Crippen molar-refractivity contribution in [1.29, 1.82) is 0 Å². The topological polar surface area (TPSA) is 92.2 Å². The molecule has 1 fully saturated rings. The molecule has 0 radical (unpaired) electrons. The molecule has 2 N–H and O–H groups in total. The summed E-state index contributed by atoms with van der Waals surface area (Å²) in [5.41, 5.74) is 0. The fourth-order valence-corrected chi connectivity index (χ4v) is 3.12. The van der Waals surface area contributed by atoms with E-state index >= 15 is 0 Å². The van der Waals surface area contributed by atoms with Crippen LogP contribution in [-0.4, -0.2) is 27.0 Å². The maximum Gasteiger partial charge on any atom is 0.307 e. The van der Waals surface area contributed by atoms with Crippen molar-refractivity contribution in [3.8, 4) is 0 Å². The Morgan fingerprint density at radius 3 is 2.63 bits per heavy atom. The average Bonchev–Trinajstić information content (AvgIpc) is 2.82. The lowest BCUT2D eigenvalue weighted by atomic mass is 9.95. The van der Waals surface area contributed by atoms with Crippen LogP contribution in [0.2, 0.25) is 0 Å². The monoisotopic (exact) mass is 391 g/mol. The van der Waals surface area contributed by atoms with Gasteiger partial charge in [-0.2, -0.15) is 0 Å². The van der Waals surface area contributed by atoms with Crippen LogP contribution in [0, 0.1) is 11.8 Å². The highest BCUT2D eigenvalue weighted by Crippen LogP contribution is 2.33. The Morgan fingerprint density at radius 2 is 2.00 bits per heavy atom. The second-order valence-electron chi connectivity index (χ2n) is 4.30. The summed E-state index contributed by atoms with van der Waals surface area (Å²) in [4.78, 5) is 31.2. The number of anilines is 1. The van der Waals surface area contributed by atoms with Gasteiger partial charge in [0.25, 0.3) is 0 Å². The van der Waals surface area contributed by atoms with E-state index in [9.17, 15) is 9.59 Å². The Morgan fingerprint density at radius 1 is 1.32 bits per heavy atom. The van der Waals surface area contributed by atoms with Gasteiger partial charge in [0.05, 0.1) is 18.0 Å². The summed E-state index contributed by atoms with van der Waals surface area (Å²) in [6.45, 7) is 0. The van der Waals surface area contributed by atoms with Gasteiger partial charge in [0.1, 0.15) is 9.21 Å². The lowest BCUT2D eigenvalue weighted by Gasteiger charge is -2.15. The SMILES string of the molecule is O=C(O)C1CCCC1C(=O)Nc1ncc(Br)nc1Br. The minimum absolute atomic E-state index is 0.296. The number of carbonyl (C=O) groups excluding carboxylic acids is 1. The average molecular weight is 393 g/mol. The van der Waals surface area contributed by atoms with Crippen LogP contribution in [0.3, 0.4) is 0 Å². The number of carboxylic acid groups (broad SMARTS) is 1. The summed E-state index contributed by atoms with van der Waals surface area (Å²) >= 11 is 6.36. The molecule has 0 spiro atoms. The number of nitrogens with one attached hydrogen (secondary N) is 1. The van der Waals surface area contributed by atoms with E-state index in [1.165, 1.54) is 6.20 Å². The van der Waals surface area contributed by atoms with E-state index in [-0.39, 0.29) is 5.91 Å². The minimum Gasteiger partial charge on any atom is -0.481 e. The Hall–Kier alpha value is -1.02. The van der Waals surface area contributed by atoms with Crippen molar-refractivity contribution >= 4 is 49.6 Å². The molecule has 1 saturated carbocycles. The predicted molar refractivity (Wildman–Crippen MR) is 74.5 cm³/mol. The second-order valence-corrected chi connectivity index (χ2v) is 5.87. The van der Waals surface area contributed by atoms with Gasteiger partial charge >= 0.3 is 5.97 Å². The predicted octanol–water partition coefficient (Wildman–Crippen LogP) is 2.44. The van der Waals surface area contributed by atoms with Gasteiger partial charge in [-0.25, -0.2) is 9.97 Å². The molecule has 1 aliphatic rings. The third-order valence-electron chi connectivity index (χ3n) is 3.11. The number of carbonyl (C=O) groups is 2. The van der Waals surface area contributed by atoms with Crippen LogP contribution < -0.4 is 5.32 Å². The van der Waals surface area contributed by atoms with Crippen LogP contribution >= 0.6 is 31.9 Å². The van der Waals surface area contributed by atoms with E-state index < -0.39 is 17.8 Å². The molecule has 102 valence electrons. The molecule has 1 amide bonds. The third-order valence-corrected chi connectivity index (χ3v) is 4.05. The summed E-state index contributed by atoms with van der Waals surface area (Å²) in [6, 6.07) is 0. The summed E-state index contributed by atoms with van der Waals surface area (Å²) in [5.74, 6) is -2.05. The van der Waals surface area contributed by atoms with Crippen LogP contribution in [0.5, 0.6) is 0 Å². The number of rotatable bonds is 3. The van der Waals surface area contributed by atoms with Crippen molar-refractivity contribution in [2.75, 3.05) is 5.32 Å². The first-order valence-corrected chi connectivity index (χ1v) is 7.29. The summed E-state index contributed by atoms with van der Waals surface area (Å²) in [6.07, 6.45) is 3.34. The van der Waals surface area contributed by atoms with E-state index in [4.69, 9.17) is 5.11 Å². The molecule has 2 unspecified atom stereocenters. The minimum atomic E-state index is -0.918. The van der Waals surface area contributed by atoms with Crippen molar-refractivity contribution in [3.05, 3.63) is 15.4 Å². The Kier molecular flexibility index (Phi) is 4.51. The maximum absolute atomic E-state index is 12.1. The second kappa shape index (κ2) is 5.96. The molecular weight excluding hydrogens is 382 g/mol. The molecule has 19 heavy (non-hydrogen) atoms. The van der Waals surface area contributed by atoms with Gasteiger partial charge in [-0.15, -0.1) is 0 Å². The van der Waals surface area contributed by atoms with Gasteiger partial charge in [0.15, 0.2) is 5.82 Å². The standard InChI is InChI=1S/C11H11Br2N3O3/c12-7-4-14-9(8(13)15-7)16-10(17)5-2-1-3-6(5)11(18)19/h4-6H,1-3H2,(H,18,19)(H,14,16,17). The van der Waals surface area contributed by atoms with E-state index in [1.807, 2.05) is 0 Å². The first kappa shape index (κ1) is 14.4. The van der Waals surface area contributed by atoms with E-state index in [0.717, 1.165) is 6.42 Å². The molecule has 1 aromatic heterocycles. The maximum atomic E-state index is 12.1. The number of aromatic nitrogens is 2. The first-order chi connectivity index (χ1) is 8.99. The number of carboxylic acids is 1. The fourth-order valence-electron chi connectivity index (χ4n) is 2.21. The summed E-state index contributed by atoms with van der Waals surface area (Å²) in [5, 5.41) is 11.7. The molecule has 0 bridgehead atoms. The number of aliphatic carboxylic acids is 1. The Bertz CT molecular complexity index is 524. The van der Waals surface area contributed by atoms with Gasteiger partial charge < -0.3 is 10.4 Å². The van der Waals surface area contributed by atoms with Crippen LogP contribution in [0.15, 0.2) is 15.4 Å². The molecule has 2 rings (SSSR count). The van der Waals surface area contributed by atoms with Crippen molar-refractivity contribution in [1.82, 2.24) is 9.97 Å². The molecule has 1 aliphatic carbocycles. The van der Waals surface area contributed by atoms with E-state index in [0.29, 0.717) is 27.9 Å². The number of hydrogen-bond acceptors (Lipinski definition) is 4. The van der Waals surface area contributed by atoms with Crippen LogP contribution in [0.4, 0.5) is 5.82 Å². The Labute approximate surface area is 126 Å². The molecule has 1 heterocycles. The summed E-state index contributed by atoms with van der Waals surface area (Å²) in [7, 11) is 0. The molecule has 2 atom stereocenters. The zero-order chi connectivity index (χ0) is 14.0. The largest absolute Gasteiger partial charge is 0.481 e. The van der Waals surface area contributed by atoms with Crippen LogP contribution in [-0.2, 0) is 9.59 Å². The highest BCUT2D eigenvalue weighted by molar-refractivity contribution is 9.11. The zero-order valence-corrected chi connectivity index (χ0v) is 12.9. The lowest BCUT2D eigenvalue weighted by molar-refractivity contribution is -0.145. The number of halogens is 2. The van der Waals surface area contributed by atoms with Crippen molar-refractivity contribution < 1.29 is 14.7 Å². The van der Waals surface area contributed by atoms with E-state index in [1.54, 1.807) is 0 Å². The van der Waals surface area contributed by atoms with Gasteiger partial charge in [-0.3, -0.25) is 9.59 Å². The fraction of sp³-hybridized carbons (Fsp3) is 0.455. The smallest absolute Gasteiger partial charge is 0.307 e.